The van der Waals surface area contributed by atoms with Gasteiger partial charge in [0.05, 0.1) is 21.4 Å². The first-order chi connectivity index (χ1) is 8.81. The van der Waals surface area contributed by atoms with E-state index in [2.05, 4.69) is 41.7 Å². The molecule has 0 aliphatic rings. The van der Waals surface area contributed by atoms with Gasteiger partial charge >= 0.3 is 0 Å². The van der Waals surface area contributed by atoms with Crippen LogP contribution in [0.4, 0.5) is 4.39 Å². The second-order valence-electron chi connectivity index (χ2n) is 5.88. The molecule has 1 heterocycles. The van der Waals surface area contributed by atoms with Crippen molar-refractivity contribution in [2.75, 3.05) is 0 Å². The summed E-state index contributed by atoms with van der Waals surface area (Å²) < 4.78 is 16.1. The summed E-state index contributed by atoms with van der Waals surface area (Å²) in [5.41, 5.74) is 1.80. The first-order valence-electron chi connectivity index (χ1n) is 6.22. The molecule has 0 aliphatic heterocycles. The third-order valence-electron chi connectivity index (χ3n) is 3.07. The standard InChI is InChI=1S/C14H17BrClFN2/c1-14(2,3)4-5-19-12-7-10(17)9(15)6-11(12)18-13(19)8-16/h6-7H,4-5,8H2,1-3H3. The second-order valence-corrected chi connectivity index (χ2v) is 7.00. The Morgan fingerprint density at radius 3 is 2.63 bits per heavy atom. The number of rotatable bonds is 3. The number of hydrogen-bond acceptors (Lipinski definition) is 1. The lowest BCUT2D eigenvalue weighted by molar-refractivity contribution is 0.351. The highest BCUT2D eigenvalue weighted by Crippen LogP contribution is 2.27. The van der Waals surface area contributed by atoms with Crippen LogP contribution in [0.15, 0.2) is 16.6 Å². The van der Waals surface area contributed by atoms with Crippen LogP contribution >= 0.6 is 27.5 Å². The zero-order valence-electron chi connectivity index (χ0n) is 11.3. The zero-order chi connectivity index (χ0) is 14.2. The van der Waals surface area contributed by atoms with Crippen molar-refractivity contribution in [3.05, 3.63) is 28.2 Å². The summed E-state index contributed by atoms with van der Waals surface area (Å²) >= 11 is 9.13. The monoisotopic (exact) mass is 346 g/mol. The first kappa shape index (κ1) is 14.8. The number of hydrogen-bond donors (Lipinski definition) is 0. The van der Waals surface area contributed by atoms with Crippen LogP contribution in [0.5, 0.6) is 0 Å². The van der Waals surface area contributed by atoms with Gasteiger partial charge in [-0.25, -0.2) is 9.37 Å². The molecule has 0 amide bonds. The molecular formula is C14H17BrClFN2. The third kappa shape index (κ3) is 3.29. The molecule has 0 atom stereocenters. The minimum Gasteiger partial charge on any atom is -0.327 e. The van der Waals surface area contributed by atoms with Crippen molar-refractivity contribution < 1.29 is 4.39 Å². The fraction of sp³-hybridized carbons (Fsp3) is 0.500. The van der Waals surface area contributed by atoms with E-state index < -0.39 is 0 Å². The quantitative estimate of drug-likeness (QED) is 0.705. The Labute approximate surface area is 126 Å². The smallest absolute Gasteiger partial charge is 0.139 e. The topological polar surface area (TPSA) is 17.8 Å². The van der Waals surface area contributed by atoms with Gasteiger partial charge in [0.25, 0.3) is 0 Å². The molecule has 0 spiro atoms. The summed E-state index contributed by atoms with van der Waals surface area (Å²) in [6, 6.07) is 3.22. The highest BCUT2D eigenvalue weighted by molar-refractivity contribution is 9.10. The van der Waals surface area contributed by atoms with Crippen molar-refractivity contribution >= 4 is 38.6 Å². The highest BCUT2D eigenvalue weighted by atomic mass is 79.9. The molecule has 0 N–H and O–H groups in total. The van der Waals surface area contributed by atoms with Crippen molar-refractivity contribution in [1.29, 1.82) is 0 Å². The van der Waals surface area contributed by atoms with Gasteiger partial charge in [0.2, 0.25) is 0 Å². The molecule has 0 aliphatic carbocycles. The van der Waals surface area contributed by atoms with Gasteiger partial charge in [-0.1, -0.05) is 20.8 Å². The Morgan fingerprint density at radius 2 is 2.05 bits per heavy atom. The molecule has 2 rings (SSSR count). The largest absolute Gasteiger partial charge is 0.327 e. The zero-order valence-corrected chi connectivity index (χ0v) is 13.6. The van der Waals surface area contributed by atoms with Gasteiger partial charge in [0, 0.05) is 12.6 Å². The van der Waals surface area contributed by atoms with Gasteiger partial charge in [0.1, 0.15) is 11.6 Å². The van der Waals surface area contributed by atoms with Crippen LogP contribution in [0, 0.1) is 11.2 Å². The van der Waals surface area contributed by atoms with Crippen LogP contribution in [0.25, 0.3) is 11.0 Å². The normalized spacial score (nSPS) is 12.3. The number of aromatic nitrogens is 2. The summed E-state index contributed by atoms with van der Waals surface area (Å²) in [6.07, 6.45) is 0.986. The van der Waals surface area contributed by atoms with Gasteiger partial charge in [0.15, 0.2) is 0 Å². The summed E-state index contributed by atoms with van der Waals surface area (Å²) in [6.45, 7) is 7.35. The minimum absolute atomic E-state index is 0.216. The van der Waals surface area contributed by atoms with Crippen LogP contribution in [0.1, 0.15) is 33.0 Å². The van der Waals surface area contributed by atoms with Gasteiger partial charge in [-0.05, 0) is 33.8 Å². The number of aryl methyl sites for hydroxylation is 1. The molecule has 0 unspecified atom stereocenters. The van der Waals surface area contributed by atoms with Crippen molar-refractivity contribution in [2.24, 2.45) is 5.41 Å². The summed E-state index contributed by atoms with van der Waals surface area (Å²) in [7, 11) is 0. The highest BCUT2D eigenvalue weighted by Gasteiger charge is 2.16. The number of halogens is 3. The van der Waals surface area contributed by atoms with Gasteiger partial charge in [-0.2, -0.15) is 0 Å². The lowest BCUT2D eigenvalue weighted by atomic mass is 9.92. The predicted octanol–water partition coefficient (Wildman–Crippen LogP) is 5.11. The minimum atomic E-state index is -0.273. The van der Waals surface area contributed by atoms with Crippen molar-refractivity contribution in [3.8, 4) is 0 Å². The first-order valence-corrected chi connectivity index (χ1v) is 7.55. The Kier molecular flexibility index (Phi) is 4.21. The van der Waals surface area contributed by atoms with E-state index in [1.54, 1.807) is 6.07 Å². The van der Waals surface area contributed by atoms with Crippen molar-refractivity contribution in [3.63, 3.8) is 0 Å². The molecule has 0 fully saturated rings. The fourth-order valence-electron chi connectivity index (χ4n) is 1.97. The van der Waals surface area contributed by atoms with Crippen molar-refractivity contribution in [2.45, 2.75) is 39.6 Å². The van der Waals surface area contributed by atoms with Gasteiger partial charge in [-0.15, -0.1) is 11.6 Å². The number of benzene rings is 1. The van der Waals surface area contributed by atoms with E-state index in [0.29, 0.717) is 10.4 Å². The van der Waals surface area contributed by atoms with E-state index in [1.807, 2.05) is 4.57 Å². The van der Waals surface area contributed by atoms with E-state index in [9.17, 15) is 4.39 Å². The molecular weight excluding hydrogens is 331 g/mol. The average Bonchev–Trinajstić information content (AvgIpc) is 2.63. The predicted molar refractivity (Wildman–Crippen MR) is 81.0 cm³/mol. The van der Waals surface area contributed by atoms with Gasteiger partial charge < -0.3 is 4.57 Å². The Balaban J connectivity index is 2.48. The van der Waals surface area contributed by atoms with Crippen LogP contribution < -0.4 is 0 Å². The van der Waals surface area contributed by atoms with E-state index in [0.717, 1.165) is 29.8 Å². The van der Waals surface area contributed by atoms with Crippen LogP contribution in [0.3, 0.4) is 0 Å². The molecule has 2 aromatic rings. The summed E-state index contributed by atoms with van der Waals surface area (Å²) in [5.74, 6) is 0.849. The molecule has 0 saturated heterocycles. The molecule has 0 radical (unpaired) electrons. The van der Waals surface area contributed by atoms with Gasteiger partial charge in [-0.3, -0.25) is 0 Å². The molecule has 5 heteroatoms. The number of alkyl halides is 1. The van der Waals surface area contributed by atoms with E-state index in [-0.39, 0.29) is 11.2 Å². The van der Waals surface area contributed by atoms with E-state index >= 15 is 0 Å². The lowest BCUT2D eigenvalue weighted by Crippen LogP contribution is -2.12. The lowest BCUT2D eigenvalue weighted by Gasteiger charge is -2.19. The Morgan fingerprint density at radius 1 is 1.37 bits per heavy atom. The molecule has 19 heavy (non-hydrogen) atoms. The third-order valence-corrected chi connectivity index (χ3v) is 3.92. The van der Waals surface area contributed by atoms with Crippen molar-refractivity contribution in [1.82, 2.24) is 9.55 Å². The molecule has 0 saturated carbocycles. The number of imidazole rings is 1. The maximum Gasteiger partial charge on any atom is 0.139 e. The summed E-state index contributed by atoms with van der Waals surface area (Å²) in [5, 5.41) is 0. The molecule has 104 valence electrons. The maximum atomic E-state index is 13.7. The van der Waals surface area contributed by atoms with E-state index in [4.69, 9.17) is 11.6 Å². The number of fused-ring (bicyclic) bond motifs is 1. The molecule has 1 aromatic carbocycles. The summed E-state index contributed by atoms with van der Waals surface area (Å²) in [4.78, 5) is 4.47. The maximum absolute atomic E-state index is 13.7. The Bertz CT molecular complexity index is 601. The Hall–Kier alpha value is -0.610. The van der Waals surface area contributed by atoms with Crippen LogP contribution in [-0.4, -0.2) is 9.55 Å². The number of nitrogens with zero attached hydrogens (tertiary/aromatic N) is 2. The average molecular weight is 348 g/mol. The van der Waals surface area contributed by atoms with Crippen LogP contribution in [-0.2, 0) is 12.4 Å². The molecule has 0 bridgehead atoms. The molecule has 1 aromatic heterocycles. The fourth-order valence-corrected chi connectivity index (χ4v) is 2.50. The SMILES string of the molecule is CC(C)(C)CCn1c(CCl)nc2cc(Br)c(F)cc21. The van der Waals surface area contributed by atoms with E-state index in [1.165, 1.54) is 6.07 Å². The van der Waals surface area contributed by atoms with Crippen LogP contribution in [0.2, 0.25) is 0 Å². The second kappa shape index (κ2) is 5.41. The molecule has 2 nitrogen and oxygen atoms in total.